The van der Waals surface area contributed by atoms with Gasteiger partial charge >= 0.3 is 6.09 Å². The van der Waals surface area contributed by atoms with Gasteiger partial charge in [-0.25, -0.2) is 4.79 Å². The highest BCUT2D eigenvalue weighted by molar-refractivity contribution is 5.64. The summed E-state index contributed by atoms with van der Waals surface area (Å²) in [6.07, 6.45) is 6.33. The van der Waals surface area contributed by atoms with Gasteiger partial charge in [0.05, 0.1) is 0 Å². The van der Waals surface area contributed by atoms with Crippen molar-refractivity contribution in [3.8, 4) is 0 Å². The van der Waals surface area contributed by atoms with E-state index in [1.54, 1.807) is 0 Å². The van der Waals surface area contributed by atoms with Crippen LogP contribution in [0.25, 0.3) is 0 Å². The van der Waals surface area contributed by atoms with Crippen LogP contribution >= 0.6 is 0 Å². The molecule has 0 saturated carbocycles. The van der Waals surface area contributed by atoms with Gasteiger partial charge in [-0.15, -0.1) is 0 Å². The molecule has 0 aromatic heterocycles. The molecule has 126 valence electrons. The maximum absolute atomic E-state index is 11.2. The molecule has 5 nitrogen and oxygen atoms in total. The molecule has 21 heavy (non-hydrogen) atoms. The maximum Gasteiger partial charge on any atom is 0.407 e. The van der Waals surface area contributed by atoms with Crippen LogP contribution in [0, 0.1) is 0 Å². The topological polar surface area (TPSA) is 92.6 Å². The molecular formula is C16H35N3O2. The monoisotopic (exact) mass is 301 g/mol. The van der Waals surface area contributed by atoms with Gasteiger partial charge in [0.1, 0.15) is 0 Å². The van der Waals surface area contributed by atoms with Crippen molar-refractivity contribution in [2.75, 3.05) is 13.1 Å². The Bertz CT molecular complexity index is 293. The number of unbranched alkanes of at least 4 members (excludes halogenated alkanes) is 4. The van der Waals surface area contributed by atoms with Crippen LogP contribution in [0.3, 0.4) is 0 Å². The second-order valence-electron chi connectivity index (χ2n) is 7.51. The molecule has 0 rings (SSSR count). The molecular weight excluding hydrogens is 266 g/mol. The molecule has 0 aliphatic rings. The van der Waals surface area contributed by atoms with Crippen molar-refractivity contribution in [3.63, 3.8) is 0 Å². The highest BCUT2D eigenvalue weighted by Crippen LogP contribution is 2.13. The van der Waals surface area contributed by atoms with E-state index in [-0.39, 0.29) is 11.1 Å². The third-order valence-corrected chi connectivity index (χ3v) is 3.55. The van der Waals surface area contributed by atoms with Gasteiger partial charge in [0.25, 0.3) is 0 Å². The van der Waals surface area contributed by atoms with Gasteiger partial charge in [0.2, 0.25) is 0 Å². The summed E-state index contributed by atoms with van der Waals surface area (Å²) in [7, 11) is 0. The van der Waals surface area contributed by atoms with E-state index in [9.17, 15) is 9.90 Å². The van der Waals surface area contributed by atoms with Crippen LogP contribution < -0.4 is 11.5 Å². The van der Waals surface area contributed by atoms with Gasteiger partial charge in [-0.1, -0.05) is 25.7 Å². The summed E-state index contributed by atoms with van der Waals surface area (Å²) in [4.78, 5) is 12.6. The van der Waals surface area contributed by atoms with Crippen LogP contribution in [0.2, 0.25) is 0 Å². The lowest BCUT2D eigenvalue weighted by atomic mass is 9.97. The fraction of sp³-hybridized carbons (Fsp3) is 0.938. The molecule has 0 unspecified atom stereocenters. The van der Waals surface area contributed by atoms with Gasteiger partial charge in [-0.3, -0.25) is 0 Å². The zero-order valence-electron chi connectivity index (χ0n) is 14.3. The van der Waals surface area contributed by atoms with E-state index in [0.717, 1.165) is 32.1 Å². The first kappa shape index (κ1) is 20.2. The Kier molecular flexibility index (Phi) is 8.90. The van der Waals surface area contributed by atoms with Gasteiger partial charge < -0.3 is 21.5 Å². The van der Waals surface area contributed by atoms with Crippen molar-refractivity contribution in [3.05, 3.63) is 0 Å². The lowest BCUT2D eigenvalue weighted by molar-refractivity contribution is 0.140. The first-order valence-corrected chi connectivity index (χ1v) is 8.07. The molecule has 0 aromatic carbocycles. The first-order chi connectivity index (χ1) is 9.51. The lowest BCUT2D eigenvalue weighted by Gasteiger charge is -2.24. The molecule has 5 N–H and O–H groups in total. The molecule has 1 amide bonds. The molecule has 0 spiro atoms. The smallest absolute Gasteiger partial charge is 0.407 e. The highest BCUT2D eigenvalue weighted by atomic mass is 16.4. The van der Waals surface area contributed by atoms with E-state index >= 15 is 0 Å². The highest BCUT2D eigenvalue weighted by Gasteiger charge is 2.16. The van der Waals surface area contributed by atoms with Crippen molar-refractivity contribution < 1.29 is 9.90 Å². The number of hydrogen-bond donors (Lipinski definition) is 3. The standard InChI is InChI=1S/C16H35N3O2/c1-15(2,17)10-8-6-5-7-9-12-19(14(20)21)13-11-16(3,4)18/h5-13,17-18H2,1-4H3,(H,20,21). The van der Waals surface area contributed by atoms with Gasteiger partial charge in [0.15, 0.2) is 0 Å². The molecule has 0 fully saturated rings. The minimum absolute atomic E-state index is 0.0743. The Hall–Kier alpha value is -0.810. The summed E-state index contributed by atoms with van der Waals surface area (Å²) in [6.45, 7) is 9.07. The predicted molar refractivity (Wildman–Crippen MR) is 88.4 cm³/mol. The second-order valence-corrected chi connectivity index (χ2v) is 7.51. The third kappa shape index (κ3) is 13.9. The van der Waals surface area contributed by atoms with E-state index in [1.807, 2.05) is 13.8 Å². The number of hydrogen-bond acceptors (Lipinski definition) is 3. The molecule has 5 heteroatoms. The average molecular weight is 301 g/mol. The quantitative estimate of drug-likeness (QED) is 0.511. The van der Waals surface area contributed by atoms with Crippen molar-refractivity contribution >= 4 is 6.09 Å². The molecule has 0 heterocycles. The van der Waals surface area contributed by atoms with E-state index in [4.69, 9.17) is 11.5 Å². The van der Waals surface area contributed by atoms with Crippen molar-refractivity contribution in [1.29, 1.82) is 0 Å². The predicted octanol–water partition coefficient (Wildman–Crippen LogP) is 3.17. The average Bonchev–Trinajstić information content (AvgIpc) is 2.28. The molecule has 0 saturated heterocycles. The van der Waals surface area contributed by atoms with Crippen molar-refractivity contribution in [2.45, 2.75) is 83.7 Å². The van der Waals surface area contributed by atoms with Crippen LogP contribution in [0.5, 0.6) is 0 Å². The van der Waals surface area contributed by atoms with E-state index in [1.165, 1.54) is 11.3 Å². The Morgan fingerprint density at radius 3 is 1.81 bits per heavy atom. The van der Waals surface area contributed by atoms with Gasteiger partial charge in [-0.05, 0) is 47.0 Å². The maximum atomic E-state index is 11.2. The molecule has 0 aliphatic heterocycles. The summed E-state index contributed by atoms with van der Waals surface area (Å²) in [5, 5.41) is 9.17. The SMILES string of the molecule is CC(C)(N)CCCCCCCN(CCC(C)(C)N)C(=O)O. The number of amides is 1. The molecule has 0 radical (unpaired) electrons. The van der Waals surface area contributed by atoms with E-state index in [0.29, 0.717) is 19.5 Å². The van der Waals surface area contributed by atoms with E-state index < -0.39 is 6.09 Å². The van der Waals surface area contributed by atoms with Crippen LogP contribution in [0.15, 0.2) is 0 Å². The number of nitrogens with zero attached hydrogens (tertiary/aromatic N) is 1. The van der Waals surface area contributed by atoms with Gasteiger partial charge in [0, 0.05) is 24.2 Å². The van der Waals surface area contributed by atoms with Crippen LogP contribution in [-0.4, -0.2) is 40.3 Å². The Morgan fingerprint density at radius 1 is 0.857 bits per heavy atom. The minimum atomic E-state index is -0.843. The first-order valence-electron chi connectivity index (χ1n) is 8.07. The minimum Gasteiger partial charge on any atom is -0.465 e. The Balaban J connectivity index is 3.73. The molecule has 0 aromatic rings. The fourth-order valence-electron chi connectivity index (χ4n) is 2.14. The normalized spacial score (nSPS) is 12.5. The van der Waals surface area contributed by atoms with Crippen molar-refractivity contribution in [2.24, 2.45) is 11.5 Å². The fourth-order valence-corrected chi connectivity index (χ4v) is 2.14. The summed E-state index contributed by atoms with van der Waals surface area (Å²) >= 11 is 0. The summed E-state index contributed by atoms with van der Waals surface area (Å²) in [6, 6.07) is 0. The molecule has 0 aliphatic carbocycles. The van der Waals surface area contributed by atoms with Crippen LogP contribution in [0.1, 0.15) is 72.6 Å². The zero-order chi connectivity index (χ0) is 16.5. The number of carbonyl (C=O) groups is 1. The Labute approximate surface area is 130 Å². The second kappa shape index (κ2) is 9.26. The number of carboxylic acid groups (broad SMARTS) is 1. The Morgan fingerprint density at radius 2 is 1.33 bits per heavy atom. The number of nitrogens with two attached hydrogens (primary N) is 2. The third-order valence-electron chi connectivity index (χ3n) is 3.55. The van der Waals surface area contributed by atoms with Crippen molar-refractivity contribution in [1.82, 2.24) is 4.90 Å². The molecule has 0 bridgehead atoms. The van der Waals surface area contributed by atoms with Gasteiger partial charge in [-0.2, -0.15) is 0 Å². The number of rotatable bonds is 11. The summed E-state index contributed by atoms with van der Waals surface area (Å²) < 4.78 is 0. The zero-order valence-corrected chi connectivity index (χ0v) is 14.3. The molecule has 0 atom stereocenters. The largest absolute Gasteiger partial charge is 0.465 e. The summed E-state index contributed by atoms with van der Waals surface area (Å²) in [5.41, 5.74) is 11.4. The lowest BCUT2D eigenvalue weighted by Crippen LogP contribution is -2.39. The summed E-state index contributed by atoms with van der Waals surface area (Å²) in [5.74, 6) is 0. The van der Waals surface area contributed by atoms with E-state index in [2.05, 4.69) is 13.8 Å². The van der Waals surface area contributed by atoms with Crippen LogP contribution in [-0.2, 0) is 0 Å². The van der Waals surface area contributed by atoms with Crippen LogP contribution in [0.4, 0.5) is 4.79 Å².